The fraction of sp³-hybridized carbons (Fsp3) is 0.893. The second-order valence-corrected chi connectivity index (χ2v) is 14.1. The maximum Gasteiger partial charge on any atom is 0.226 e. The first-order valence-corrected chi connectivity index (χ1v) is 15.0. The van der Waals surface area contributed by atoms with Crippen molar-refractivity contribution < 1.29 is 24.9 Å². The molecular formula is C28H45N3O5S. The lowest BCUT2D eigenvalue weighted by molar-refractivity contribution is -0.207. The molecule has 0 saturated heterocycles. The SMILES string of the molecule is COCc1nnc(NC(=O)CCC(C)C2CCC3C4C(O)CC5CC(O)CCC5(C)C4CC(O)C23C)s1. The molecule has 208 valence electrons. The van der Waals surface area contributed by atoms with Gasteiger partial charge in [0.25, 0.3) is 0 Å². The number of fused-ring (bicyclic) bond motifs is 5. The number of methoxy groups -OCH3 is 1. The van der Waals surface area contributed by atoms with Gasteiger partial charge in [0.15, 0.2) is 0 Å². The molecule has 4 aliphatic rings. The highest BCUT2D eigenvalue weighted by atomic mass is 32.1. The lowest BCUT2D eigenvalue weighted by atomic mass is 9.43. The molecule has 4 N–H and O–H groups in total. The van der Waals surface area contributed by atoms with E-state index in [1.807, 2.05) is 0 Å². The highest BCUT2D eigenvalue weighted by molar-refractivity contribution is 7.15. The van der Waals surface area contributed by atoms with Gasteiger partial charge in [-0.25, -0.2) is 0 Å². The molecule has 0 aromatic carbocycles. The zero-order valence-corrected chi connectivity index (χ0v) is 23.5. The van der Waals surface area contributed by atoms with E-state index in [4.69, 9.17) is 4.74 Å². The number of aliphatic hydroxyl groups excluding tert-OH is 3. The van der Waals surface area contributed by atoms with E-state index in [9.17, 15) is 20.1 Å². The number of aliphatic hydroxyl groups is 3. The van der Waals surface area contributed by atoms with E-state index in [2.05, 4.69) is 36.3 Å². The Kier molecular flexibility index (Phi) is 7.75. The molecule has 8 nitrogen and oxygen atoms in total. The molecule has 0 radical (unpaired) electrons. The summed E-state index contributed by atoms with van der Waals surface area (Å²) in [5, 5.41) is 45.6. The van der Waals surface area contributed by atoms with Gasteiger partial charge in [0.1, 0.15) is 11.6 Å². The molecule has 11 unspecified atom stereocenters. The van der Waals surface area contributed by atoms with E-state index in [1.165, 1.54) is 11.3 Å². The zero-order valence-electron chi connectivity index (χ0n) is 22.7. The van der Waals surface area contributed by atoms with E-state index in [1.54, 1.807) is 7.11 Å². The molecule has 37 heavy (non-hydrogen) atoms. The number of nitrogens with zero attached hydrogens (tertiary/aromatic N) is 2. The molecule has 0 spiro atoms. The number of carbonyl (C=O) groups excluding carboxylic acids is 1. The first-order chi connectivity index (χ1) is 17.6. The average Bonchev–Trinajstić information content (AvgIpc) is 3.44. The third kappa shape index (κ3) is 4.77. The third-order valence-electron chi connectivity index (χ3n) is 11.3. The largest absolute Gasteiger partial charge is 0.393 e. The van der Waals surface area contributed by atoms with Gasteiger partial charge in [-0.1, -0.05) is 32.1 Å². The molecule has 0 bridgehead atoms. The Bertz CT molecular complexity index is 975. The number of amides is 1. The van der Waals surface area contributed by atoms with Crippen LogP contribution < -0.4 is 5.32 Å². The highest BCUT2D eigenvalue weighted by Crippen LogP contribution is 2.68. The van der Waals surface area contributed by atoms with E-state index < -0.39 is 6.10 Å². The van der Waals surface area contributed by atoms with Crippen molar-refractivity contribution in [2.24, 2.45) is 46.3 Å². The van der Waals surface area contributed by atoms with Crippen LogP contribution in [0.5, 0.6) is 0 Å². The second kappa shape index (κ2) is 10.5. The first-order valence-electron chi connectivity index (χ1n) is 14.2. The summed E-state index contributed by atoms with van der Waals surface area (Å²) in [6, 6.07) is 0. The first kappa shape index (κ1) is 27.4. The summed E-state index contributed by atoms with van der Waals surface area (Å²) >= 11 is 1.33. The summed E-state index contributed by atoms with van der Waals surface area (Å²) in [6.45, 7) is 7.24. The van der Waals surface area contributed by atoms with Gasteiger partial charge < -0.3 is 25.4 Å². The Hall–Kier alpha value is -1.13. The molecule has 1 heterocycles. The summed E-state index contributed by atoms with van der Waals surface area (Å²) in [5.41, 5.74) is -0.162. The molecule has 0 aliphatic heterocycles. The molecule has 1 aromatic rings. The lowest BCUT2D eigenvalue weighted by Gasteiger charge is -2.63. The Morgan fingerprint density at radius 1 is 1.14 bits per heavy atom. The fourth-order valence-corrected chi connectivity index (χ4v) is 10.1. The minimum absolute atomic E-state index is 0.0583. The molecule has 9 heteroatoms. The lowest BCUT2D eigenvalue weighted by Crippen LogP contribution is -2.62. The number of nitrogens with one attached hydrogen (secondary N) is 1. The number of hydrogen-bond donors (Lipinski definition) is 4. The maximum absolute atomic E-state index is 12.6. The topological polar surface area (TPSA) is 125 Å². The summed E-state index contributed by atoms with van der Waals surface area (Å²) in [5.74, 6) is 1.69. The zero-order chi connectivity index (χ0) is 26.5. The number of rotatable bonds is 7. The van der Waals surface area contributed by atoms with Crippen LogP contribution >= 0.6 is 11.3 Å². The molecule has 11 atom stereocenters. The van der Waals surface area contributed by atoms with E-state index in [-0.39, 0.29) is 34.9 Å². The van der Waals surface area contributed by atoms with Gasteiger partial charge in [-0.2, -0.15) is 0 Å². The van der Waals surface area contributed by atoms with Gasteiger partial charge in [-0.3, -0.25) is 4.79 Å². The van der Waals surface area contributed by atoms with E-state index in [0.717, 1.165) is 56.4 Å². The Balaban J connectivity index is 1.25. The summed E-state index contributed by atoms with van der Waals surface area (Å²) in [6.07, 6.45) is 6.31. The van der Waals surface area contributed by atoms with E-state index >= 15 is 0 Å². The summed E-state index contributed by atoms with van der Waals surface area (Å²) in [4.78, 5) is 12.6. The van der Waals surface area contributed by atoms with Crippen molar-refractivity contribution in [2.75, 3.05) is 12.4 Å². The summed E-state index contributed by atoms with van der Waals surface area (Å²) in [7, 11) is 1.60. The average molecular weight is 536 g/mol. The van der Waals surface area contributed by atoms with Crippen LogP contribution in [0.15, 0.2) is 0 Å². The summed E-state index contributed by atoms with van der Waals surface area (Å²) < 4.78 is 5.07. The maximum atomic E-state index is 12.6. The smallest absolute Gasteiger partial charge is 0.226 e. The van der Waals surface area contributed by atoms with Gasteiger partial charge in [0.2, 0.25) is 11.0 Å². The number of hydrogen-bond acceptors (Lipinski definition) is 8. The van der Waals surface area contributed by atoms with Crippen LogP contribution in [0.3, 0.4) is 0 Å². The van der Waals surface area contributed by atoms with Crippen LogP contribution in [0.25, 0.3) is 0 Å². The van der Waals surface area contributed by atoms with Crippen molar-refractivity contribution >= 4 is 22.4 Å². The normalized spacial score (nSPS) is 44.0. The van der Waals surface area contributed by atoms with Crippen LogP contribution in [0.4, 0.5) is 5.13 Å². The standard InChI is InChI=1S/C28H45N3O5S/c1-15(5-8-23(35)29-26-31-30-24(37-26)14-36-4)18-6-7-19-25-20(13-22(34)28(18,19)3)27(2)10-9-17(32)11-16(27)12-21(25)33/h15-22,25,32-34H,5-14H2,1-4H3,(H,29,31,35). The number of carbonyl (C=O) groups is 1. The van der Waals surface area contributed by atoms with Crippen molar-refractivity contribution in [3.8, 4) is 0 Å². The number of anilines is 1. The predicted molar refractivity (Wildman–Crippen MR) is 142 cm³/mol. The highest BCUT2D eigenvalue weighted by Gasteiger charge is 2.65. The van der Waals surface area contributed by atoms with Gasteiger partial charge in [0, 0.05) is 13.5 Å². The second-order valence-electron chi connectivity index (χ2n) is 13.0. The molecule has 4 aliphatic carbocycles. The van der Waals surface area contributed by atoms with Crippen LogP contribution in [0.1, 0.15) is 83.6 Å². The Morgan fingerprint density at radius 3 is 2.68 bits per heavy atom. The van der Waals surface area contributed by atoms with Crippen molar-refractivity contribution in [3.63, 3.8) is 0 Å². The molecule has 4 fully saturated rings. The quantitative estimate of drug-likeness (QED) is 0.416. The fourth-order valence-electron chi connectivity index (χ4n) is 9.36. The minimum Gasteiger partial charge on any atom is -0.393 e. The molecule has 1 amide bonds. The van der Waals surface area contributed by atoms with Gasteiger partial charge in [-0.05, 0) is 97.7 Å². The Labute approximate surface area is 224 Å². The molecular weight excluding hydrogens is 490 g/mol. The number of aromatic nitrogens is 2. The van der Waals surface area contributed by atoms with E-state index in [0.29, 0.717) is 47.7 Å². The molecule has 1 aromatic heterocycles. The number of ether oxygens (including phenoxy) is 1. The predicted octanol–water partition coefficient (Wildman–Crippen LogP) is 4.00. The van der Waals surface area contributed by atoms with Crippen molar-refractivity contribution in [2.45, 2.75) is 103 Å². The van der Waals surface area contributed by atoms with Gasteiger partial charge >= 0.3 is 0 Å². The molecule has 4 saturated carbocycles. The van der Waals surface area contributed by atoms with Crippen LogP contribution in [0.2, 0.25) is 0 Å². The monoisotopic (exact) mass is 535 g/mol. The molecule has 5 rings (SSSR count). The van der Waals surface area contributed by atoms with Crippen molar-refractivity contribution in [3.05, 3.63) is 5.01 Å². The van der Waals surface area contributed by atoms with Crippen molar-refractivity contribution in [1.82, 2.24) is 10.2 Å². The van der Waals surface area contributed by atoms with Gasteiger partial charge in [-0.15, -0.1) is 10.2 Å². The van der Waals surface area contributed by atoms with Crippen LogP contribution in [0, 0.1) is 46.3 Å². The Morgan fingerprint density at radius 2 is 1.92 bits per heavy atom. The van der Waals surface area contributed by atoms with Gasteiger partial charge in [0.05, 0.1) is 18.3 Å². The van der Waals surface area contributed by atoms with Crippen LogP contribution in [-0.2, 0) is 16.1 Å². The minimum atomic E-state index is -0.405. The third-order valence-corrected chi connectivity index (χ3v) is 12.1. The van der Waals surface area contributed by atoms with Crippen molar-refractivity contribution in [1.29, 1.82) is 0 Å². The van der Waals surface area contributed by atoms with Crippen LogP contribution in [-0.4, -0.2) is 56.8 Å².